The van der Waals surface area contributed by atoms with Crippen LogP contribution in [0.2, 0.25) is 0 Å². The van der Waals surface area contributed by atoms with Gasteiger partial charge in [-0.1, -0.05) is 11.6 Å². The Hall–Kier alpha value is -3.88. The van der Waals surface area contributed by atoms with Gasteiger partial charge in [0, 0.05) is 30.3 Å². The number of fused-ring (bicyclic) bond motifs is 4. The molecule has 4 heterocycles. The first kappa shape index (κ1) is 21.6. The monoisotopic (exact) mass is 474 g/mol. The van der Waals surface area contributed by atoms with Gasteiger partial charge in [0.25, 0.3) is 5.91 Å². The maximum absolute atomic E-state index is 14.1. The summed E-state index contributed by atoms with van der Waals surface area (Å²) in [6.07, 6.45) is 6.38. The lowest BCUT2D eigenvalue weighted by molar-refractivity contribution is 0.0391. The molecule has 0 unspecified atom stereocenters. The second kappa shape index (κ2) is 8.11. The highest BCUT2D eigenvalue weighted by Gasteiger charge is 2.44. The minimum absolute atomic E-state index is 0.0333. The summed E-state index contributed by atoms with van der Waals surface area (Å²) < 4.78 is 29.7. The van der Waals surface area contributed by atoms with Crippen molar-refractivity contribution < 1.29 is 13.6 Å². The lowest BCUT2D eigenvalue weighted by atomic mass is 9.81. The zero-order chi connectivity index (χ0) is 24.3. The van der Waals surface area contributed by atoms with Crippen molar-refractivity contribution in [1.82, 2.24) is 29.7 Å². The first-order valence-electron chi connectivity index (χ1n) is 11.7. The number of halogens is 2. The molecular formula is C26H24F2N6O. The third-order valence-electron chi connectivity index (χ3n) is 7.06. The Morgan fingerprint density at radius 2 is 1.77 bits per heavy atom. The standard InChI is InChI=1S/C26H24F2N6O/c1-15-6-7-22(34-29-8-9-30-34)20(10-15)26(35)33-19-4-3-5-23(33)24-21(14-19)25(32(2)31-24)16-11-17(27)13-18(28)12-16/h6-13,19,23H,3-5,14H2,1-2H3/t19-,23+/m0/s1. The number of nitrogens with zero attached hydrogens (tertiary/aromatic N) is 6. The first-order chi connectivity index (χ1) is 16.9. The number of carbonyl (C=O) groups is 1. The fourth-order valence-electron chi connectivity index (χ4n) is 5.68. The van der Waals surface area contributed by atoms with Gasteiger partial charge < -0.3 is 4.90 Å². The highest BCUT2D eigenvalue weighted by molar-refractivity contribution is 5.98. The minimum atomic E-state index is -0.623. The highest BCUT2D eigenvalue weighted by Crippen LogP contribution is 2.45. The van der Waals surface area contributed by atoms with Gasteiger partial charge in [0.1, 0.15) is 11.6 Å². The van der Waals surface area contributed by atoms with Gasteiger partial charge in [-0.25, -0.2) is 8.78 Å². The molecule has 2 aliphatic heterocycles. The number of amides is 1. The maximum Gasteiger partial charge on any atom is 0.256 e. The van der Waals surface area contributed by atoms with E-state index in [0.717, 1.165) is 42.1 Å². The molecule has 2 aliphatic rings. The van der Waals surface area contributed by atoms with E-state index in [0.29, 0.717) is 28.9 Å². The van der Waals surface area contributed by atoms with E-state index in [1.54, 1.807) is 24.1 Å². The zero-order valence-electron chi connectivity index (χ0n) is 19.4. The van der Waals surface area contributed by atoms with Crippen LogP contribution in [0.25, 0.3) is 16.9 Å². The van der Waals surface area contributed by atoms with E-state index in [1.165, 1.54) is 16.9 Å². The number of rotatable bonds is 3. The molecule has 0 spiro atoms. The zero-order valence-corrected chi connectivity index (χ0v) is 19.4. The van der Waals surface area contributed by atoms with E-state index < -0.39 is 11.6 Å². The summed E-state index contributed by atoms with van der Waals surface area (Å²) in [6.45, 7) is 1.95. The quantitative estimate of drug-likeness (QED) is 0.437. The maximum atomic E-state index is 14.1. The van der Waals surface area contributed by atoms with Crippen LogP contribution < -0.4 is 0 Å². The summed E-state index contributed by atoms with van der Waals surface area (Å²) >= 11 is 0. The van der Waals surface area contributed by atoms with E-state index in [2.05, 4.69) is 10.2 Å². The van der Waals surface area contributed by atoms with E-state index in [1.807, 2.05) is 30.0 Å². The third-order valence-corrected chi connectivity index (χ3v) is 7.06. The van der Waals surface area contributed by atoms with Gasteiger partial charge in [-0.05, 0) is 56.9 Å². The molecule has 1 fully saturated rings. The van der Waals surface area contributed by atoms with Crippen molar-refractivity contribution >= 4 is 5.91 Å². The number of aromatic nitrogens is 5. The van der Waals surface area contributed by atoms with Gasteiger partial charge in [0.15, 0.2) is 0 Å². The van der Waals surface area contributed by atoms with Gasteiger partial charge in [-0.3, -0.25) is 9.48 Å². The SMILES string of the molecule is Cc1ccc(-n2nccn2)c(C(=O)N2[C@H]3CCC[C@@H]2c2nn(C)c(-c4cc(F)cc(F)c4)c2C3)c1. The smallest absolute Gasteiger partial charge is 0.256 e. The van der Waals surface area contributed by atoms with Crippen molar-refractivity contribution in [2.75, 3.05) is 0 Å². The molecule has 1 saturated heterocycles. The molecule has 178 valence electrons. The van der Waals surface area contributed by atoms with Crippen molar-refractivity contribution in [3.63, 3.8) is 0 Å². The molecule has 2 aromatic carbocycles. The van der Waals surface area contributed by atoms with Crippen molar-refractivity contribution in [2.24, 2.45) is 7.05 Å². The largest absolute Gasteiger partial charge is 0.327 e. The topological polar surface area (TPSA) is 68.8 Å². The molecule has 4 aromatic rings. The Bertz CT molecular complexity index is 1420. The van der Waals surface area contributed by atoms with Gasteiger partial charge in [-0.15, -0.1) is 0 Å². The first-order valence-corrected chi connectivity index (χ1v) is 11.7. The van der Waals surface area contributed by atoms with E-state index >= 15 is 0 Å². The molecule has 7 nitrogen and oxygen atoms in total. The van der Waals surface area contributed by atoms with Gasteiger partial charge in [0.2, 0.25) is 0 Å². The average molecular weight is 475 g/mol. The summed E-state index contributed by atoms with van der Waals surface area (Å²) in [6, 6.07) is 8.99. The molecular weight excluding hydrogens is 450 g/mol. The molecule has 1 amide bonds. The predicted octanol–water partition coefficient (Wildman–Crippen LogP) is 4.55. The van der Waals surface area contributed by atoms with E-state index in [-0.39, 0.29) is 18.0 Å². The molecule has 0 saturated carbocycles. The summed E-state index contributed by atoms with van der Waals surface area (Å²) in [4.78, 5) is 17.5. The molecule has 0 N–H and O–H groups in total. The van der Waals surface area contributed by atoms with Crippen LogP contribution in [0, 0.1) is 18.6 Å². The fraction of sp³-hybridized carbons (Fsp3) is 0.308. The van der Waals surface area contributed by atoms with Crippen LogP contribution in [-0.4, -0.2) is 41.6 Å². The number of benzene rings is 2. The van der Waals surface area contributed by atoms with Crippen LogP contribution in [0.4, 0.5) is 8.78 Å². The van der Waals surface area contributed by atoms with Gasteiger partial charge in [0.05, 0.1) is 41.1 Å². The number of piperidine rings is 1. The average Bonchev–Trinajstić information content (AvgIpc) is 3.45. The third kappa shape index (κ3) is 3.53. The minimum Gasteiger partial charge on any atom is -0.327 e. The Morgan fingerprint density at radius 3 is 2.51 bits per heavy atom. The normalized spacial score (nSPS) is 19.0. The second-order valence-corrected chi connectivity index (χ2v) is 9.35. The van der Waals surface area contributed by atoms with Crippen molar-refractivity contribution in [1.29, 1.82) is 0 Å². The summed E-state index contributed by atoms with van der Waals surface area (Å²) in [5, 5.41) is 13.2. The molecule has 2 bridgehead atoms. The van der Waals surface area contributed by atoms with E-state index in [9.17, 15) is 13.6 Å². The molecule has 2 atom stereocenters. The predicted molar refractivity (Wildman–Crippen MR) is 125 cm³/mol. The van der Waals surface area contributed by atoms with Gasteiger partial charge in [-0.2, -0.15) is 20.1 Å². The number of aryl methyl sites for hydroxylation is 2. The Balaban J connectivity index is 1.45. The number of hydrogen-bond acceptors (Lipinski definition) is 4. The molecule has 0 radical (unpaired) electrons. The molecule has 6 rings (SSSR count). The number of hydrogen-bond donors (Lipinski definition) is 0. The highest BCUT2D eigenvalue weighted by atomic mass is 19.1. The Kier molecular flexibility index (Phi) is 5.01. The van der Waals surface area contributed by atoms with Crippen molar-refractivity contribution in [3.8, 4) is 16.9 Å². The lowest BCUT2D eigenvalue weighted by Crippen LogP contribution is -2.50. The lowest BCUT2D eigenvalue weighted by Gasteiger charge is -2.45. The number of carbonyl (C=O) groups excluding carboxylic acids is 1. The fourth-order valence-corrected chi connectivity index (χ4v) is 5.68. The Labute approximate surface area is 201 Å². The summed E-state index contributed by atoms with van der Waals surface area (Å²) in [7, 11) is 1.79. The molecule has 0 aliphatic carbocycles. The van der Waals surface area contributed by atoms with Crippen LogP contribution in [0.15, 0.2) is 48.8 Å². The molecule has 9 heteroatoms. The van der Waals surface area contributed by atoms with Crippen molar-refractivity contribution in [3.05, 3.63) is 82.8 Å². The Morgan fingerprint density at radius 1 is 1.03 bits per heavy atom. The van der Waals surface area contributed by atoms with Crippen molar-refractivity contribution in [2.45, 2.75) is 44.7 Å². The summed E-state index contributed by atoms with van der Waals surface area (Å²) in [5.74, 6) is -1.32. The molecule has 35 heavy (non-hydrogen) atoms. The van der Waals surface area contributed by atoms with Crippen LogP contribution in [0.5, 0.6) is 0 Å². The van der Waals surface area contributed by atoms with Crippen LogP contribution in [-0.2, 0) is 13.5 Å². The van der Waals surface area contributed by atoms with E-state index in [4.69, 9.17) is 5.10 Å². The molecule has 2 aromatic heterocycles. The summed E-state index contributed by atoms with van der Waals surface area (Å²) in [5.41, 5.74) is 5.09. The van der Waals surface area contributed by atoms with Gasteiger partial charge >= 0.3 is 0 Å². The second-order valence-electron chi connectivity index (χ2n) is 9.35. The van der Waals surface area contributed by atoms with Crippen LogP contribution in [0.1, 0.15) is 52.5 Å². The van der Waals surface area contributed by atoms with Crippen LogP contribution >= 0.6 is 0 Å². The van der Waals surface area contributed by atoms with Crippen LogP contribution in [0.3, 0.4) is 0 Å².